The van der Waals surface area contributed by atoms with Crippen molar-refractivity contribution in [2.45, 2.75) is 37.5 Å². The van der Waals surface area contributed by atoms with E-state index in [2.05, 4.69) is 9.72 Å². The van der Waals surface area contributed by atoms with Gasteiger partial charge in [-0.15, -0.1) is 13.2 Å². The summed E-state index contributed by atoms with van der Waals surface area (Å²) in [5.41, 5.74) is 0.658. The van der Waals surface area contributed by atoms with Crippen molar-refractivity contribution < 1.29 is 22.7 Å². The highest BCUT2D eigenvalue weighted by atomic mass is 19.4. The molecule has 1 heterocycles. The van der Waals surface area contributed by atoms with Crippen LogP contribution < -0.4 is 4.74 Å². The molecule has 0 saturated heterocycles. The van der Waals surface area contributed by atoms with E-state index in [0.29, 0.717) is 11.3 Å². The van der Waals surface area contributed by atoms with Crippen molar-refractivity contribution >= 4 is 5.78 Å². The molecule has 1 saturated carbocycles. The molecule has 0 atom stereocenters. The standard InChI is InChI=1S/C18H16F3NO2/c19-18(20,21)24-14-6-3-5-13(11-14)17(8-4-9-17)12-16(23)15-7-1-2-10-22-15/h1-3,5-7,10-11H,4,8-9,12H2. The molecule has 0 unspecified atom stereocenters. The van der Waals surface area contributed by atoms with Gasteiger partial charge in [0, 0.05) is 18.0 Å². The van der Waals surface area contributed by atoms with Gasteiger partial charge in [-0.2, -0.15) is 0 Å². The first-order valence-electron chi connectivity index (χ1n) is 7.69. The number of rotatable bonds is 5. The monoisotopic (exact) mass is 335 g/mol. The number of benzene rings is 1. The van der Waals surface area contributed by atoms with Gasteiger partial charge in [0.05, 0.1) is 0 Å². The van der Waals surface area contributed by atoms with Crippen molar-refractivity contribution in [3.05, 3.63) is 59.9 Å². The molecule has 3 nitrogen and oxygen atoms in total. The lowest BCUT2D eigenvalue weighted by molar-refractivity contribution is -0.274. The van der Waals surface area contributed by atoms with Gasteiger partial charge in [-0.3, -0.25) is 9.78 Å². The fourth-order valence-corrected chi connectivity index (χ4v) is 3.12. The summed E-state index contributed by atoms with van der Waals surface area (Å²) in [6.45, 7) is 0. The normalized spacial score (nSPS) is 16.3. The summed E-state index contributed by atoms with van der Waals surface area (Å²) in [5.74, 6) is -0.353. The number of hydrogen-bond acceptors (Lipinski definition) is 3. The molecule has 1 aromatic heterocycles. The quantitative estimate of drug-likeness (QED) is 0.745. The number of Topliss-reactive ketones (excluding diaryl/α,β-unsaturated/α-hetero) is 1. The Balaban J connectivity index is 1.83. The fraction of sp³-hybridized carbons (Fsp3) is 0.333. The molecule has 2 aromatic rings. The summed E-state index contributed by atoms with van der Waals surface area (Å²) < 4.78 is 41.2. The fourth-order valence-electron chi connectivity index (χ4n) is 3.12. The van der Waals surface area contributed by atoms with E-state index in [1.807, 2.05) is 0 Å². The van der Waals surface area contributed by atoms with Gasteiger partial charge in [-0.25, -0.2) is 0 Å². The minimum absolute atomic E-state index is 0.0996. The number of pyridine rings is 1. The summed E-state index contributed by atoms with van der Waals surface area (Å²) >= 11 is 0. The van der Waals surface area contributed by atoms with Gasteiger partial charge in [0.2, 0.25) is 0 Å². The van der Waals surface area contributed by atoms with Crippen LogP contribution in [0.3, 0.4) is 0 Å². The molecule has 0 amide bonds. The summed E-state index contributed by atoms with van der Waals surface area (Å²) in [4.78, 5) is 16.5. The van der Waals surface area contributed by atoms with E-state index in [9.17, 15) is 18.0 Å². The maximum absolute atomic E-state index is 12.5. The minimum atomic E-state index is -4.73. The highest BCUT2D eigenvalue weighted by Crippen LogP contribution is 2.47. The van der Waals surface area contributed by atoms with Crippen molar-refractivity contribution in [2.24, 2.45) is 0 Å². The van der Waals surface area contributed by atoms with Gasteiger partial charge in [0.15, 0.2) is 5.78 Å². The number of halogens is 3. The topological polar surface area (TPSA) is 39.2 Å². The van der Waals surface area contributed by atoms with Crippen molar-refractivity contribution in [2.75, 3.05) is 0 Å². The van der Waals surface area contributed by atoms with Crippen molar-refractivity contribution in [3.63, 3.8) is 0 Å². The Morgan fingerprint density at radius 1 is 1.17 bits per heavy atom. The molecular formula is C18H16F3NO2. The van der Waals surface area contributed by atoms with Gasteiger partial charge in [-0.1, -0.05) is 24.6 Å². The second kappa shape index (κ2) is 6.26. The highest BCUT2D eigenvalue weighted by molar-refractivity contribution is 5.95. The van der Waals surface area contributed by atoms with Crippen molar-refractivity contribution in [1.82, 2.24) is 4.98 Å². The number of ketones is 1. The van der Waals surface area contributed by atoms with Crippen LogP contribution in [0.1, 0.15) is 41.7 Å². The average molecular weight is 335 g/mol. The van der Waals surface area contributed by atoms with Crippen LogP contribution in [0.15, 0.2) is 48.7 Å². The zero-order valence-electron chi connectivity index (χ0n) is 12.8. The van der Waals surface area contributed by atoms with E-state index in [1.54, 1.807) is 30.5 Å². The maximum Gasteiger partial charge on any atom is 0.573 e. The Bertz CT molecular complexity index is 725. The molecule has 1 aliphatic rings. The minimum Gasteiger partial charge on any atom is -0.406 e. The molecule has 24 heavy (non-hydrogen) atoms. The lowest BCUT2D eigenvalue weighted by atomic mass is 9.61. The molecular weight excluding hydrogens is 319 g/mol. The predicted octanol–water partition coefficient (Wildman–Crippen LogP) is 4.67. The van der Waals surface area contributed by atoms with Gasteiger partial charge in [-0.05, 0) is 42.7 Å². The highest BCUT2D eigenvalue weighted by Gasteiger charge is 2.41. The number of carbonyl (C=O) groups is 1. The predicted molar refractivity (Wildman–Crippen MR) is 81.8 cm³/mol. The number of alkyl halides is 3. The second-order valence-electron chi connectivity index (χ2n) is 6.02. The number of hydrogen-bond donors (Lipinski definition) is 0. The van der Waals surface area contributed by atoms with Crippen LogP contribution in [-0.4, -0.2) is 17.1 Å². The molecule has 1 fully saturated rings. The molecule has 3 rings (SSSR count). The van der Waals surface area contributed by atoms with E-state index in [0.717, 1.165) is 19.3 Å². The molecule has 6 heteroatoms. The Morgan fingerprint density at radius 2 is 1.96 bits per heavy atom. The van der Waals surface area contributed by atoms with Crippen LogP contribution >= 0.6 is 0 Å². The molecule has 0 bridgehead atoms. The van der Waals surface area contributed by atoms with Gasteiger partial charge >= 0.3 is 6.36 Å². The molecule has 0 aliphatic heterocycles. The van der Waals surface area contributed by atoms with E-state index in [-0.39, 0.29) is 18.0 Å². The van der Waals surface area contributed by atoms with Gasteiger partial charge in [0.25, 0.3) is 0 Å². The largest absolute Gasteiger partial charge is 0.573 e. The summed E-state index contributed by atoms with van der Waals surface area (Å²) in [7, 11) is 0. The Morgan fingerprint density at radius 3 is 2.54 bits per heavy atom. The maximum atomic E-state index is 12.5. The molecule has 0 radical (unpaired) electrons. The molecule has 126 valence electrons. The molecule has 0 N–H and O–H groups in total. The SMILES string of the molecule is O=C(CC1(c2cccc(OC(F)(F)F)c2)CCC1)c1ccccn1. The van der Waals surface area contributed by atoms with Crippen molar-refractivity contribution in [3.8, 4) is 5.75 Å². The van der Waals surface area contributed by atoms with E-state index >= 15 is 0 Å². The van der Waals surface area contributed by atoms with Crippen molar-refractivity contribution in [1.29, 1.82) is 0 Å². The Hall–Kier alpha value is -2.37. The zero-order valence-corrected chi connectivity index (χ0v) is 12.8. The average Bonchev–Trinajstić information content (AvgIpc) is 2.50. The van der Waals surface area contributed by atoms with E-state index in [4.69, 9.17) is 0 Å². The third kappa shape index (κ3) is 3.58. The van der Waals surface area contributed by atoms with E-state index < -0.39 is 11.8 Å². The molecule has 0 spiro atoms. The summed E-state index contributed by atoms with van der Waals surface area (Å²) in [6, 6.07) is 11.1. The lowest BCUT2D eigenvalue weighted by Gasteiger charge is -2.42. The third-order valence-corrected chi connectivity index (χ3v) is 4.44. The van der Waals surface area contributed by atoms with Crippen LogP contribution in [-0.2, 0) is 5.41 Å². The first-order chi connectivity index (χ1) is 11.4. The number of nitrogens with zero attached hydrogens (tertiary/aromatic N) is 1. The number of aromatic nitrogens is 1. The lowest BCUT2D eigenvalue weighted by Crippen LogP contribution is -2.36. The summed E-state index contributed by atoms with van der Waals surface area (Å²) in [5, 5.41) is 0. The third-order valence-electron chi connectivity index (χ3n) is 4.44. The second-order valence-corrected chi connectivity index (χ2v) is 6.02. The smallest absolute Gasteiger partial charge is 0.406 e. The number of ether oxygens (including phenoxy) is 1. The Labute approximate surface area is 137 Å². The van der Waals surface area contributed by atoms with Gasteiger partial charge in [0.1, 0.15) is 11.4 Å². The van der Waals surface area contributed by atoms with Crippen LogP contribution in [0.2, 0.25) is 0 Å². The van der Waals surface area contributed by atoms with Crippen LogP contribution in [0.4, 0.5) is 13.2 Å². The summed E-state index contributed by atoms with van der Waals surface area (Å²) in [6.07, 6.45) is -0.463. The first-order valence-corrected chi connectivity index (χ1v) is 7.69. The Kier molecular flexibility index (Phi) is 4.30. The van der Waals surface area contributed by atoms with Crippen LogP contribution in [0.25, 0.3) is 0 Å². The molecule has 1 aromatic carbocycles. The van der Waals surface area contributed by atoms with Crippen LogP contribution in [0, 0.1) is 0 Å². The zero-order chi connectivity index (χ0) is 17.2. The first kappa shape index (κ1) is 16.5. The molecule has 1 aliphatic carbocycles. The number of carbonyl (C=O) groups excluding carboxylic acids is 1. The van der Waals surface area contributed by atoms with E-state index in [1.165, 1.54) is 18.2 Å². The van der Waals surface area contributed by atoms with Crippen LogP contribution in [0.5, 0.6) is 5.75 Å². The van der Waals surface area contributed by atoms with Gasteiger partial charge < -0.3 is 4.74 Å².